The van der Waals surface area contributed by atoms with Crippen molar-refractivity contribution in [1.29, 1.82) is 0 Å². The zero-order chi connectivity index (χ0) is 20.8. The molecule has 1 aliphatic heterocycles. The van der Waals surface area contributed by atoms with Crippen LogP contribution in [0.2, 0.25) is 0 Å². The molecular weight excluding hydrogens is 364 g/mol. The van der Waals surface area contributed by atoms with Crippen molar-refractivity contribution in [2.45, 2.75) is 39.0 Å². The second kappa shape index (κ2) is 9.50. The summed E-state index contributed by atoms with van der Waals surface area (Å²) < 4.78 is 11.3. The lowest BCUT2D eigenvalue weighted by molar-refractivity contribution is 0.0610. The van der Waals surface area contributed by atoms with E-state index in [9.17, 15) is 4.79 Å². The summed E-state index contributed by atoms with van der Waals surface area (Å²) in [5.74, 6) is 0.763. The molecule has 29 heavy (non-hydrogen) atoms. The van der Waals surface area contributed by atoms with E-state index < -0.39 is 0 Å². The molecule has 0 saturated carbocycles. The number of hydrogen-bond donors (Lipinski definition) is 0. The zero-order valence-corrected chi connectivity index (χ0v) is 17.7. The van der Waals surface area contributed by atoms with Crippen LogP contribution < -0.4 is 9.64 Å². The number of amides is 1. The predicted octanol–water partition coefficient (Wildman–Crippen LogP) is 4.48. The molecule has 2 aromatic carbocycles. The van der Waals surface area contributed by atoms with Crippen LogP contribution in [0.5, 0.6) is 5.75 Å². The van der Waals surface area contributed by atoms with Gasteiger partial charge < -0.3 is 19.3 Å². The first-order valence-electron chi connectivity index (χ1n) is 10.0. The molecule has 0 fully saturated rings. The Labute approximate surface area is 173 Å². The van der Waals surface area contributed by atoms with Crippen LogP contribution in [-0.4, -0.2) is 43.7 Å². The molecule has 2 aromatic rings. The van der Waals surface area contributed by atoms with Crippen molar-refractivity contribution in [2.24, 2.45) is 0 Å². The monoisotopic (exact) mass is 394 g/mol. The highest BCUT2D eigenvalue weighted by Gasteiger charge is 2.22. The van der Waals surface area contributed by atoms with E-state index in [0.29, 0.717) is 18.7 Å². The SMILES string of the molecule is CC(C)Oc1ccc(C(=O)N(Cc2ccc(N(C)C)cc2)CC2CC=CO2)cc1. The lowest BCUT2D eigenvalue weighted by Gasteiger charge is -2.26. The van der Waals surface area contributed by atoms with Gasteiger partial charge in [0.15, 0.2) is 0 Å². The van der Waals surface area contributed by atoms with Gasteiger partial charge in [0, 0.05) is 38.3 Å². The molecular formula is C24H30N2O3. The summed E-state index contributed by atoms with van der Waals surface area (Å²) in [6, 6.07) is 15.7. The largest absolute Gasteiger partial charge is 0.496 e. The van der Waals surface area contributed by atoms with Crippen LogP contribution in [0.1, 0.15) is 36.2 Å². The van der Waals surface area contributed by atoms with Crippen molar-refractivity contribution in [3.8, 4) is 5.75 Å². The van der Waals surface area contributed by atoms with Crippen molar-refractivity contribution in [3.05, 3.63) is 72.0 Å². The molecule has 1 amide bonds. The van der Waals surface area contributed by atoms with E-state index in [1.165, 1.54) is 0 Å². The van der Waals surface area contributed by atoms with Crippen molar-refractivity contribution in [2.75, 3.05) is 25.5 Å². The summed E-state index contributed by atoms with van der Waals surface area (Å²) in [6.07, 6.45) is 4.65. The summed E-state index contributed by atoms with van der Waals surface area (Å²) in [6.45, 7) is 5.05. The molecule has 0 saturated heterocycles. The third-order valence-electron chi connectivity index (χ3n) is 4.78. The molecule has 0 spiro atoms. The normalized spacial score (nSPS) is 15.3. The fourth-order valence-electron chi connectivity index (χ4n) is 3.26. The number of anilines is 1. The Morgan fingerprint density at radius 2 is 1.79 bits per heavy atom. The molecule has 1 aliphatic rings. The van der Waals surface area contributed by atoms with E-state index in [1.807, 2.05) is 63.2 Å². The molecule has 0 N–H and O–H groups in total. The van der Waals surface area contributed by atoms with Crippen molar-refractivity contribution >= 4 is 11.6 Å². The van der Waals surface area contributed by atoms with E-state index in [0.717, 1.165) is 23.4 Å². The molecule has 5 nitrogen and oxygen atoms in total. The second-order valence-corrected chi connectivity index (χ2v) is 7.80. The molecule has 1 unspecified atom stereocenters. The topological polar surface area (TPSA) is 42.0 Å². The average Bonchev–Trinajstić information content (AvgIpc) is 3.20. The number of benzene rings is 2. The Hall–Kier alpha value is -2.95. The summed E-state index contributed by atoms with van der Waals surface area (Å²) >= 11 is 0. The zero-order valence-electron chi connectivity index (χ0n) is 17.7. The number of ether oxygens (including phenoxy) is 2. The first kappa shape index (κ1) is 20.8. The van der Waals surface area contributed by atoms with Gasteiger partial charge >= 0.3 is 0 Å². The van der Waals surface area contributed by atoms with Crippen LogP contribution >= 0.6 is 0 Å². The van der Waals surface area contributed by atoms with Crippen molar-refractivity contribution in [1.82, 2.24) is 4.90 Å². The van der Waals surface area contributed by atoms with Gasteiger partial charge in [0.25, 0.3) is 5.91 Å². The summed E-state index contributed by atoms with van der Waals surface area (Å²) in [4.78, 5) is 17.2. The van der Waals surface area contributed by atoms with Gasteiger partial charge in [0.2, 0.25) is 0 Å². The predicted molar refractivity (Wildman–Crippen MR) is 116 cm³/mol. The van der Waals surface area contributed by atoms with Gasteiger partial charge in [0.05, 0.1) is 18.9 Å². The minimum atomic E-state index is -0.00622. The molecule has 0 aromatic heterocycles. The Bertz CT molecular complexity index is 818. The number of carbonyl (C=O) groups excluding carboxylic acids is 1. The lowest BCUT2D eigenvalue weighted by atomic mass is 10.1. The van der Waals surface area contributed by atoms with Gasteiger partial charge in [0.1, 0.15) is 11.9 Å². The summed E-state index contributed by atoms with van der Waals surface area (Å²) in [7, 11) is 4.03. The fraction of sp³-hybridized carbons (Fsp3) is 0.375. The minimum Gasteiger partial charge on any atom is -0.496 e. The molecule has 1 heterocycles. The first-order chi connectivity index (χ1) is 13.9. The second-order valence-electron chi connectivity index (χ2n) is 7.80. The lowest BCUT2D eigenvalue weighted by Crippen LogP contribution is -2.37. The fourth-order valence-corrected chi connectivity index (χ4v) is 3.26. The van der Waals surface area contributed by atoms with Crippen LogP contribution in [0.4, 0.5) is 5.69 Å². The molecule has 1 atom stereocenters. The van der Waals surface area contributed by atoms with Crippen LogP contribution in [0, 0.1) is 0 Å². The van der Waals surface area contributed by atoms with E-state index in [1.54, 1.807) is 6.26 Å². The van der Waals surface area contributed by atoms with Gasteiger partial charge in [-0.2, -0.15) is 0 Å². The average molecular weight is 395 g/mol. The van der Waals surface area contributed by atoms with Crippen LogP contribution in [0.3, 0.4) is 0 Å². The maximum Gasteiger partial charge on any atom is 0.254 e. The van der Waals surface area contributed by atoms with Gasteiger partial charge in [-0.15, -0.1) is 0 Å². The molecule has 0 radical (unpaired) electrons. The highest BCUT2D eigenvalue weighted by molar-refractivity contribution is 5.94. The highest BCUT2D eigenvalue weighted by Crippen LogP contribution is 2.20. The Morgan fingerprint density at radius 1 is 1.10 bits per heavy atom. The van der Waals surface area contributed by atoms with Crippen molar-refractivity contribution in [3.63, 3.8) is 0 Å². The Balaban J connectivity index is 1.75. The molecule has 0 aliphatic carbocycles. The van der Waals surface area contributed by atoms with Gasteiger partial charge in [-0.3, -0.25) is 4.79 Å². The highest BCUT2D eigenvalue weighted by atomic mass is 16.5. The third-order valence-corrected chi connectivity index (χ3v) is 4.78. The van der Waals surface area contributed by atoms with Crippen LogP contribution in [0.25, 0.3) is 0 Å². The molecule has 3 rings (SSSR count). The van der Waals surface area contributed by atoms with Crippen LogP contribution in [-0.2, 0) is 11.3 Å². The Kier molecular flexibility index (Phi) is 6.81. The van der Waals surface area contributed by atoms with Gasteiger partial charge in [-0.05, 0) is 61.9 Å². The molecule has 154 valence electrons. The standard InChI is InChI=1S/C24H30N2O3/c1-18(2)29-22-13-9-20(10-14-22)24(27)26(17-23-6-5-15-28-23)16-19-7-11-21(12-8-19)25(3)4/h5,7-15,18,23H,6,16-17H2,1-4H3. The quantitative estimate of drug-likeness (QED) is 0.662. The number of rotatable bonds is 8. The smallest absolute Gasteiger partial charge is 0.254 e. The minimum absolute atomic E-state index is 0.00328. The maximum absolute atomic E-state index is 13.2. The summed E-state index contributed by atoms with van der Waals surface area (Å²) in [5, 5.41) is 0. The maximum atomic E-state index is 13.2. The number of nitrogens with zero attached hydrogens (tertiary/aromatic N) is 2. The van der Waals surface area contributed by atoms with Gasteiger partial charge in [-0.25, -0.2) is 0 Å². The first-order valence-corrected chi connectivity index (χ1v) is 10.0. The van der Waals surface area contributed by atoms with E-state index in [4.69, 9.17) is 9.47 Å². The Morgan fingerprint density at radius 3 is 2.34 bits per heavy atom. The molecule has 5 heteroatoms. The van der Waals surface area contributed by atoms with E-state index in [2.05, 4.69) is 29.2 Å². The van der Waals surface area contributed by atoms with Crippen molar-refractivity contribution < 1.29 is 14.3 Å². The summed E-state index contributed by atoms with van der Waals surface area (Å²) in [5.41, 5.74) is 2.88. The van der Waals surface area contributed by atoms with Gasteiger partial charge in [-0.1, -0.05) is 12.1 Å². The number of hydrogen-bond acceptors (Lipinski definition) is 4. The number of carbonyl (C=O) groups is 1. The van der Waals surface area contributed by atoms with E-state index in [-0.39, 0.29) is 18.1 Å². The van der Waals surface area contributed by atoms with Crippen LogP contribution in [0.15, 0.2) is 60.9 Å². The molecule has 0 bridgehead atoms. The third kappa shape index (κ3) is 5.76. The van der Waals surface area contributed by atoms with E-state index >= 15 is 0 Å².